The molecule has 0 fully saturated rings. The molecule has 1 heterocycles. The summed E-state index contributed by atoms with van der Waals surface area (Å²) in [7, 11) is 0. The highest BCUT2D eigenvalue weighted by atomic mass is 32.2. The van der Waals surface area contributed by atoms with Crippen molar-refractivity contribution in [1.29, 1.82) is 0 Å². The summed E-state index contributed by atoms with van der Waals surface area (Å²) in [5, 5.41) is 0.463. The van der Waals surface area contributed by atoms with Gasteiger partial charge in [-0.15, -0.1) is 0 Å². The third-order valence-corrected chi connectivity index (χ3v) is 2.60. The van der Waals surface area contributed by atoms with Crippen LogP contribution in [0.25, 0.3) is 0 Å². The van der Waals surface area contributed by atoms with Gasteiger partial charge < -0.3 is 5.73 Å². The average molecular weight is 152 g/mol. The number of rotatable bonds is 0. The van der Waals surface area contributed by atoms with Gasteiger partial charge in [0.15, 0.2) is 0 Å². The van der Waals surface area contributed by atoms with Gasteiger partial charge in [0.05, 0.1) is 5.25 Å². The molecule has 2 aliphatic rings. The summed E-state index contributed by atoms with van der Waals surface area (Å²) in [6, 6.07) is 0. The van der Waals surface area contributed by atoms with Crippen molar-refractivity contribution >= 4 is 18.2 Å². The zero-order valence-corrected chi connectivity index (χ0v) is 6.21. The van der Waals surface area contributed by atoms with Gasteiger partial charge in [-0.3, -0.25) is 0 Å². The first-order valence-corrected chi connectivity index (χ1v) is 4.05. The lowest BCUT2D eigenvalue weighted by Crippen LogP contribution is -2.15. The maximum absolute atomic E-state index is 5.60. The monoisotopic (exact) mass is 152 g/mol. The van der Waals surface area contributed by atoms with Crippen LogP contribution in [0.2, 0.25) is 0 Å². The molecule has 10 heavy (non-hydrogen) atoms. The predicted molar refractivity (Wildman–Crippen MR) is 44.8 cm³/mol. The van der Waals surface area contributed by atoms with E-state index in [2.05, 4.69) is 16.5 Å². The minimum atomic E-state index is 0.463. The fraction of sp³-hybridized carbons (Fsp3) is 0.286. The van der Waals surface area contributed by atoms with E-state index in [0.717, 1.165) is 5.70 Å². The first kappa shape index (κ1) is 6.04. The largest absolute Gasteiger partial charge is 0.399 e. The first-order valence-electron chi connectivity index (χ1n) is 3.21. The predicted octanol–water partition coefficient (Wildman–Crippen LogP) is 1.12. The molecule has 0 bridgehead atoms. The number of nitrogens with zero attached hydrogens (tertiary/aromatic N) is 1. The highest BCUT2D eigenvalue weighted by Crippen LogP contribution is 2.31. The van der Waals surface area contributed by atoms with Gasteiger partial charge in [-0.05, 0) is 24.1 Å². The van der Waals surface area contributed by atoms with Crippen molar-refractivity contribution < 1.29 is 0 Å². The van der Waals surface area contributed by atoms with Crippen LogP contribution in [0.15, 0.2) is 28.3 Å². The van der Waals surface area contributed by atoms with Gasteiger partial charge in [-0.25, -0.2) is 4.40 Å². The van der Waals surface area contributed by atoms with E-state index in [0.29, 0.717) is 11.2 Å². The highest BCUT2D eigenvalue weighted by Gasteiger charge is 2.23. The minimum Gasteiger partial charge on any atom is -0.399 e. The van der Waals surface area contributed by atoms with Crippen molar-refractivity contribution in [1.82, 2.24) is 0 Å². The molecule has 0 aromatic carbocycles. The molecule has 0 aromatic rings. The minimum absolute atomic E-state index is 0.463. The van der Waals surface area contributed by atoms with E-state index in [1.54, 1.807) is 11.9 Å². The Bertz CT molecular complexity index is 230. The molecular weight excluding hydrogens is 144 g/mol. The lowest BCUT2D eigenvalue weighted by Gasteiger charge is -2.13. The van der Waals surface area contributed by atoms with E-state index in [1.165, 1.54) is 0 Å². The van der Waals surface area contributed by atoms with Gasteiger partial charge >= 0.3 is 0 Å². The first-order chi connectivity index (χ1) is 4.86. The number of allylic oxidation sites excluding steroid dienone is 2. The van der Waals surface area contributed by atoms with Crippen LogP contribution in [0.1, 0.15) is 0 Å². The van der Waals surface area contributed by atoms with Gasteiger partial charge in [0.1, 0.15) is 0 Å². The van der Waals surface area contributed by atoms with E-state index in [1.807, 2.05) is 12.3 Å². The molecule has 3 heteroatoms. The second kappa shape index (κ2) is 2.16. The average Bonchev–Trinajstić information content (AvgIpc) is 2.33. The van der Waals surface area contributed by atoms with Gasteiger partial charge in [0, 0.05) is 17.8 Å². The molecule has 0 saturated heterocycles. The molecule has 52 valence electrons. The van der Waals surface area contributed by atoms with Gasteiger partial charge in [0.2, 0.25) is 0 Å². The fourth-order valence-corrected chi connectivity index (χ4v) is 1.97. The molecule has 0 saturated carbocycles. The molecule has 2 atom stereocenters. The molecule has 2 N–H and O–H groups in total. The fourth-order valence-electron chi connectivity index (χ4n) is 1.10. The maximum Gasteiger partial charge on any atom is 0.0581 e. The van der Waals surface area contributed by atoms with Crippen molar-refractivity contribution in [3.8, 4) is 0 Å². The highest BCUT2D eigenvalue weighted by molar-refractivity contribution is 7.99. The van der Waals surface area contributed by atoms with Crippen LogP contribution in [0.3, 0.4) is 0 Å². The van der Waals surface area contributed by atoms with Crippen LogP contribution in [-0.2, 0) is 0 Å². The molecule has 1 aliphatic heterocycles. The number of fused-ring (bicyclic) bond motifs is 1. The molecular formula is C7H8N2S. The van der Waals surface area contributed by atoms with E-state index >= 15 is 0 Å². The second-order valence-electron chi connectivity index (χ2n) is 2.43. The Hall–Kier alpha value is -0.700. The van der Waals surface area contributed by atoms with E-state index < -0.39 is 0 Å². The number of hydrogen-bond acceptors (Lipinski definition) is 3. The SMILES string of the molecule is NC1=CC2SN=CC2C=C1. The lowest BCUT2D eigenvalue weighted by molar-refractivity contribution is 0.910. The third-order valence-electron chi connectivity index (χ3n) is 1.66. The second-order valence-corrected chi connectivity index (χ2v) is 3.39. The molecule has 2 nitrogen and oxygen atoms in total. The summed E-state index contributed by atoms with van der Waals surface area (Å²) >= 11 is 1.59. The molecule has 0 spiro atoms. The lowest BCUT2D eigenvalue weighted by atomic mass is 10.0. The molecule has 2 unspecified atom stereocenters. The molecule has 2 rings (SSSR count). The van der Waals surface area contributed by atoms with Crippen molar-refractivity contribution in [2.45, 2.75) is 5.25 Å². The zero-order chi connectivity index (χ0) is 6.97. The van der Waals surface area contributed by atoms with E-state index in [-0.39, 0.29) is 0 Å². The third kappa shape index (κ3) is 0.865. The van der Waals surface area contributed by atoms with Crippen LogP contribution >= 0.6 is 11.9 Å². The van der Waals surface area contributed by atoms with Crippen LogP contribution in [0.5, 0.6) is 0 Å². The van der Waals surface area contributed by atoms with Crippen LogP contribution in [0.4, 0.5) is 0 Å². The Morgan fingerprint density at radius 2 is 2.50 bits per heavy atom. The van der Waals surface area contributed by atoms with Crippen LogP contribution in [-0.4, -0.2) is 11.5 Å². The summed E-state index contributed by atoms with van der Waals surface area (Å²) in [4.78, 5) is 0. The topological polar surface area (TPSA) is 38.4 Å². The quantitative estimate of drug-likeness (QED) is 0.528. The van der Waals surface area contributed by atoms with Crippen molar-refractivity contribution in [3.63, 3.8) is 0 Å². The molecule has 0 radical (unpaired) electrons. The van der Waals surface area contributed by atoms with E-state index in [4.69, 9.17) is 5.73 Å². The maximum atomic E-state index is 5.60. The number of nitrogens with two attached hydrogens (primary N) is 1. The Balaban J connectivity index is 2.25. The summed E-state index contributed by atoms with van der Waals surface area (Å²) in [5.74, 6) is 0.484. The normalized spacial score (nSPS) is 35.8. The summed E-state index contributed by atoms with van der Waals surface area (Å²) < 4.78 is 4.10. The van der Waals surface area contributed by atoms with Gasteiger partial charge in [-0.2, -0.15) is 0 Å². The van der Waals surface area contributed by atoms with Gasteiger partial charge in [-0.1, -0.05) is 6.08 Å². The van der Waals surface area contributed by atoms with Crippen molar-refractivity contribution in [3.05, 3.63) is 23.9 Å². The summed E-state index contributed by atoms with van der Waals surface area (Å²) in [6.45, 7) is 0. The molecule has 0 amide bonds. The summed E-state index contributed by atoms with van der Waals surface area (Å²) in [5.41, 5.74) is 6.46. The van der Waals surface area contributed by atoms with Crippen molar-refractivity contribution in [2.75, 3.05) is 0 Å². The van der Waals surface area contributed by atoms with Gasteiger partial charge in [0.25, 0.3) is 0 Å². The van der Waals surface area contributed by atoms with E-state index in [9.17, 15) is 0 Å². The zero-order valence-electron chi connectivity index (χ0n) is 5.40. The smallest absolute Gasteiger partial charge is 0.0581 e. The standard InChI is InChI=1S/C7H8N2S/c8-6-2-1-5-4-9-10-7(5)3-6/h1-5,7H,8H2. The summed E-state index contributed by atoms with van der Waals surface area (Å²) in [6.07, 6.45) is 8.07. The Kier molecular flexibility index (Phi) is 1.31. The molecule has 0 aromatic heterocycles. The Morgan fingerprint density at radius 1 is 1.60 bits per heavy atom. The molecule has 1 aliphatic carbocycles. The number of hydrogen-bond donors (Lipinski definition) is 1. The Morgan fingerprint density at radius 3 is 3.40 bits per heavy atom. The van der Waals surface area contributed by atoms with Crippen LogP contribution in [0, 0.1) is 5.92 Å². The Labute approximate surface area is 64.0 Å². The van der Waals surface area contributed by atoms with Crippen molar-refractivity contribution in [2.24, 2.45) is 16.0 Å². The van der Waals surface area contributed by atoms with Crippen LogP contribution < -0.4 is 5.73 Å².